The molecule has 1 atom stereocenters. The molecule has 1 aromatic heterocycles. The molecule has 0 saturated carbocycles. The van der Waals surface area contributed by atoms with E-state index in [0.717, 1.165) is 40.3 Å². The van der Waals surface area contributed by atoms with Gasteiger partial charge >= 0.3 is 0 Å². The largest absolute Gasteiger partial charge is 0.301 e. The van der Waals surface area contributed by atoms with Crippen LogP contribution in [-0.2, 0) is 11.2 Å². The quantitative estimate of drug-likeness (QED) is 0.605. The Labute approximate surface area is 164 Å². The van der Waals surface area contributed by atoms with Gasteiger partial charge in [0.05, 0.1) is 0 Å². The first kappa shape index (κ1) is 18.4. The lowest BCUT2D eigenvalue weighted by Crippen LogP contribution is -2.23. The number of hydrogen-bond acceptors (Lipinski definition) is 3. The predicted octanol–water partition coefficient (Wildman–Crippen LogP) is 5.76. The number of halogens is 2. The summed E-state index contributed by atoms with van der Waals surface area (Å²) in [6.07, 6.45) is 11.9. The van der Waals surface area contributed by atoms with Gasteiger partial charge in [-0.15, -0.1) is 11.3 Å². The normalized spacial score (nSPS) is 15.4. The first-order chi connectivity index (χ1) is 12.1. The van der Waals surface area contributed by atoms with Crippen LogP contribution < -0.4 is 5.32 Å². The molecule has 1 unspecified atom stereocenters. The number of hydrogen-bond donors (Lipinski definition) is 1. The highest BCUT2D eigenvalue weighted by atomic mass is 79.9. The molecule has 1 aliphatic rings. The molecular formula is C19H18BrClN2OS. The Kier molecular flexibility index (Phi) is 6.45. The van der Waals surface area contributed by atoms with E-state index in [-0.39, 0.29) is 10.7 Å². The van der Waals surface area contributed by atoms with Crippen LogP contribution in [0.1, 0.15) is 29.7 Å². The number of rotatable bonds is 5. The van der Waals surface area contributed by atoms with Crippen LogP contribution in [0.3, 0.4) is 0 Å². The molecule has 0 fully saturated rings. The highest BCUT2D eigenvalue weighted by molar-refractivity contribution is 9.10. The van der Waals surface area contributed by atoms with Gasteiger partial charge in [0, 0.05) is 22.5 Å². The lowest BCUT2D eigenvalue weighted by molar-refractivity contribution is -0.115. The van der Waals surface area contributed by atoms with E-state index < -0.39 is 0 Å². The highest BCUT2D eigenvalue weighted by Gasteiger charge is 2.20. The topological polar surface area (TPSA) is 42.0 Å². The maximum Gasteiger partial charge on any atom is 0.244 e. The zero-order valence-electron chi connectivity index (χ0n) is 13.5. The summed E-state index contributed by atoms with van der Waals surface area (Å²) in [4.78, 5) is 17.5. The number of alkyl halides is 1. The molecule has 3 rings (SSSR count). The van der Waals surface area contributed by atoms with Crippen LogP contribution in [-0.4, -0.2) is 15.7 Å². The molecular weight excluding hydrogens is 420 g/mol. The summed E-state index contributed by atoms with van der Waals surface area (Å²) in [6.45, 7) is 0. The Morgan fingerprint density at radius 1 is 1.36 bits per heavy atom. The van der Waals surface area contributed by atoms with Crippen LogP contribution in [0, 0.1) is 0 Å². The standard InChI is InChI=1S/C19H18BrClN2OS/c20-17(13-7-3-1-2-4-8-13)18(24)23-19-22-12-15(25-19)11-14-9-5-6-10-16(14)21/h3,5-10,12,17H,1-2,4,11H2,(H,22,23,24). The number of thiazole rings is 1. The number of benzene rings is 1. The van der Waals surface area contributed by atoms with E-state index in [4.69, 9.17) is 11.6 Å². The van der Waals surface area contributed by atoms with Crippen molar-refractivity contribution in [3.05, 3.63) is 69.7 Å². The van der Waals surface area contributed by atoms with Crippen LogP contribution in [0.4, 0.5) is 5.13 Å². The number of nitrogens with zero attached hydrogens (tertiary/aromatic N) is 1. The van der Waals surface area contributed by atoms with Gasteiger partial charge < -0.3 is 5.32 Å². The highest BCUT2D eigenvalue weighted by Crippen LogP contribution is 2.26. The van der Waals surface area contributed by atoms with Crippen molar-refractivity contribution in [1.29, 1.82) is 0 Å². The molecule has 130 valence electrons. The molecule has 1 N–H and O–H groups in total. The van der Waals surface area contributed by atoms with E-state index in [9.17, 15) is 4.79 Å². The fraction of sp³-hybridized carbons (Fsp3) is 0.263. The monoisotopic (exact) mass is 436 g/mol. The van der Waals surface area contributed by atoms with Gasteiger partial charge in [0.1, 0.15) is 4.83 Å². The van der Waals surface area contributed by atoms with Gasteiger partial charge in [0.25, 0.3) is 0 Å². The van der Waals surface area contributed by atoms with Gasteiger partial charge in [0.15, 0.2) is 5.13 Å². The van der Waals surface area contributed by atoms with Crippen molar-refractivity contribution in [2.75, 3.05) is 5.32 Å². The molecule has 1 amide bonds. The summed E-state index contributed by atoms with van der Waals surface area (Å²) in [5.41, 5.74) is 2.06. The Balaban J connectivity index is 1.63. The van der Waals surface area contributed by atoms with E-state index >= 15 is 0 Å². The number of anilines is 1. The van der Waals surface area contributed by atoms with Crippen molar-refractivity contribution in [3.63, 3.8) is 0 Å². The van der Waals surface area contributed by atoms with Crippen LogP contribution in [0.2, 0.25) is 5.02 Å². The molecule has 25 heavy (non-hydrogen) atoms. The lowest BCUT2D eigenvalue weighted by Gasteiger charge is -2.10. The molecule has 0 saturated heterocycles. The number of amides is 1. The molecule has 0 aliphatic heterocycles. The summed E-state index contributed by atoms with van der Waals surface area (Å²) in [7, 11) is 0. The Morgan fingerprint density at radius 3 is 3.04 bits per heavy atom. The summed E-state index contributed by atoms with van der Waals surface area (Å²) in [5.74, 6) is -0.101. The van der Waals surface area contributed by atoms with Crippen molar-refractivity contribution in [2.24, 2.45) is 0 Å². The van der Waals surface area contributed by atoms with E-state index in [1.165, 1.54) is 11.3 Å². The molecule has 0 spiro atoms. The summed E-state index contributed by atoms with van der Waals surface area (Å²) in [6, 6.07) is 7.76. The number of carbonyl (C=O) groups excluding carboxylic acids is 1. The fourth-order valence-corrected chi connectivity index (χ4v) is 4.07. The van der Waals surface area contributed by atoms with Gasteiger partial charge in [-0.05, 0) is 36.5 Å². The third-order valence-electron chi connectivity index (χ3n) is 3.89. The number of aromatic nitrogens is 1. The van der Waals surface area contributed by atoms with Gasteiger partial charge in [0.2, 0.25) is 5.91 Å². The average Bonchev–Trinajstić information content (AvgIpc) is 2.87. The predicted molar refractivity (Wildman–Crippen MR) is 109 cm³/mol. The first-order valence-electron chi connectivity index (χ1n) is 8.13. The Hall–Kier alpha value is -1.43. The van der Waals surface area contributed by atoms with E-state index in [1.807, 2.05) is 30.3 Å². The molecule has 1 heterocycles. The minimum Gasteiger partial charge on any atom is -0.301 e. The smallest absolute Gasteiger partial charge is 0.244 e. The second-order valence-corrected chi connectivity index (χ2v) is 8.23. The van der Waals surface area contributed by atoms with E-state index in [0.29, 0.717) is 11.6 Å². The van der Waals surface area contributed by atoms with Crippen molar-refractivity contribution in [2.45, 2.75) is 30.5 Å². The molecule has 6 heteroatoms. The average molecular weight is 438 g/mol. The van der Waals surface area contributed by atoms with Crippen molar-refractivity contribution < 1.29 is 4.79 Å². The van der Waals surface area contributed by atoms with Crippen LogP contribution >= 0.6 is 38.9 Å². The zero-order chi connectivity index (χ0) is 17.6. The summed E-state index contributed by atoms with van der Waals surface area (Å²) < 4.78 is 0. The molecule has 2 aromatic rings. The van der Waals surface area contributed by atoms with Gasteiger partial charge in [-0.2, -0.15) is 0 Å². The van der Waals surface area contributed by atoms with Crippen LogP contribution in [0.15, 0.2) is 54.3 Å². The Bertz CT molecular complexity index is 815. The maximum absolute atomic E-state index is 12.5. The third-order valence-corrected chi connectivity index (χ3v) is 6.12. The molecule has 0 radical (unpaired) electrons. The zero-order valence-corrected chi connectivity index (χ0v) is 16.7. The van der Waals surface area contributed by atoms with Gasteiger partial charge in [-0.3, -0.25) is 4.79 Å². The van der Waals surface area contributed by atoms with Crippen molar-refractivity contribution >= 4 is 49.9 Å². The number of nitrogens with one attached hydrogen (secondary N) is 1. The number of carbonyl (C=O) groups is 1. The van der Waals surface area contributed by atoms with Crippen LogP contribution in [0.25, 0.3) is 0 Å². The van der Waals surface area contributed by atoms with Gasteiger partial charge in [-0.1, -0.05) is 64.0 Å². The molecule has 1 aromatic carbocycles. The van der Waals surface area contributed by atoms with Crippen LogP contribution in [0.5, 0.6) is 0 Å². The minimum absolute atomic E-state index is 0.101. The number of allylic oxidation sites excluding steroid dienone is 3. The molecule has 1 aliphatic carbocycles. The third kappa shape index (κ3) is 5.03. The molecule has 0 bridgehead atoms. The second kappa shape index (κ2) is 8.79. The molecule has 3 nitrogen and oxygen atoms in total. The second-order valence-electron chi connectivity index (χ2n) is 5.79. The minimum atomic E-state index is -0.363. The Morgan fingerprint density at radius 2 is 2.20 bits per heavy atom. The summed E-state index contributed by atoms with van der Waals surface area (Å²) >= 11 is 11.2. The summed E-state index contributed by atoms with van der Waals surface area (Å²) in [5, 5.41) is 4.24. The fourth-order valence-electron chi connectivity index (χ4n) is 2.58. The van der Waals surface area contributed by atoms with Crippen molar-refractivity contribution in [3.8, 4) is 0 Å². The SMILES string of the molecule is O=C(Nc1ncc(Cc2ccccc2Cl)s1)C(Br)C1=CCCCC=C1. The van der Waals surface area contributed by atoms with E-state index in [2.05, 4.69) is 38.4 Å². The van der Waals surface area contributed by atoms with E-state index in [1.54, 1.807) is 6.20 Å². The van der Waals surface area contributed by atoms with Crippen molar-refractivity contribution in [1.82, 2.24) is 4.98 Å². The maximum atomic E-state index is 12.5. The lowest BCUT2D eigenvalue weighted by atomic mass is 10.1. The first-order valence-corrected chi connectivity index (χ1v) is 10.2. The van der Waals surface area contributed by atoms with Gasteiger partial charge in [-0.25, -0.2) is 4.98 Å².